The van der Waals surface area contributed by atoms with Crippen LogP contribution in [-0.2, 0) is 15.3 Å². The fraction of sp³-hybridized carbons (Fsp3) is 0.786. The summed E-state index contributed by atoms with van der Waals surface area (Å²) in [6, 6.07) is 0.356. The molecule has 0 unspecified atom stereocenters. The average Bonchev–Trinajstić information content (AvgIpc) is 2.77. The molecule has 2 rings (SSSR count). The first kappa shape index (κ1) is 14.6. The van der Waals surface area contributed by atoms with E-state index in [0.29, 0.717) is 6.04 Å². The zero-order chi connectivity index (χ0) is 14.3. The lowest BCUT2D eigenvalue weighted by molar-refractivity contribution is 0.329. The Kier molecular flexibility index (Phi) is 3.78. The standard InChI is InChI=1S/C14H24N2O2S/c1-14(2,3)11-9-15-16(10-11)12-5-7-13(8-6-12)19(4,17)18/h9-10,12-13H,5-8H2,1-4H3. The van der Waals surface area contributed by atoms with Crippen LogP contribution in [0.15, 0.2) is 12.4 Å². The van der Waals surface area contributed by atoms with Crippen LogP contribution in [0.3, 0.4) is 0 Å². The molecule has 4 nitrogen and oxygen atoms in total. The average molecular weight is 284 g/mol. The maximum absolute atomic E-state index is 11.5. The summed E-state index contributed by atoms with van der Waals surface area (Å²) in [5, 5.41) is 4.31. The van der Waals surface area contributed by atoms with Gasteiger partial charge in [-0.25, -0.2) is 8.42 Å². The summed E-state index contributed by atoms with van der Waals surface area (Å²) >= 11 is 0. The molecule has 0 aliphatic heterocycles. The van der Waals surface area contributed by atoms with Crippen LogP contribution in [0.25, 0.3) is 0 Å². The molecule has 0 amide bonds. The highest BCUT2D eigenvalue weighted by molar-refractivity contribution is 7.91. The predicted octanol–water partition coefficient (Wildman–Crippen LogP) is 2.71. The SMILES string of the molecule is CC(C)(C)c1cnn(C2CCC(S(C)(=O)=O)CC2)c1. The Morgan fingerprint density at radius 3 is 2.21 bits per heavy atom. The lowest BCUT2D eigenvalue weighted by atomic mass is 9.89. The molecular formula is C14H24N2O2S. The number of nitrogens with zero attached hydrogens (tertiary/aromatic N) is 2. The van der Waals surface area contributed by atoms with Crippen molar-refractivity contribution in [1.82, 2.24) is 9.78 Å². The highest BCUT2D eigenvalue weighted by Gasteiger charge is 2.29. The van der Waals surface area contributed by atoms with Gasteiger partial charge in [0.1, 0.15) is 9.84 Å². The quantitative estimate of drug-likeness (QED) is 0.839. The third-order valence-corrected chi connectivity index (χ3v) is 5.77. The Labute approximate surface area is 116 Å². The van der Waals surface area contributed by atoms with E-state index in [2.05, 4.69) is 32.1 Å². The molecule has 1 aliphatic rings. The molecule has 1 aromatic heterocycles. The predicted molar refractivity (Wildman–Crippen MR) is 77.1 cm³/mol. The largest absolute Gasteiger partial charge is 0.269 e. The fourth-order valence-corrected chi connectivity index (χ4v) is 3.79. The van der Waals surface area contributed by atoms with Gasteiger partial charge < -0.3 is 0 Å². The molecule has 1 aliphatic carbocycles. The van der Waals surface area contributed by atoms with Gasteiger partial charge in [-0.1, -0.05) is 20.8 Å². The van der Waals surface area contributed by atoms with Crippen LogP contribution < -0.4 is 0 Å². The highest BCUT2D eigenvalue weighted by Crippen LogP contribution is 2.32. The van der Waals surface area contributed by atoms with Crippen LogP contribution in [0.4, 0.5) is 0 Å². The van der Waals surface area contributed by atoms with Crippen molar-refractivity contribution >= 4 is 9.84 Å². The number of hydrogen-bond donors (Lipinski definition) is 0. The van der Waals surface area contributed by atoms with E-state index >= 15 is 0 Å². The Balaban J connectivity index is 2.04. The molecule has 1 saturated carbocycles. The van der Waals surface area contributed by atoms with E-state index in [0.717, 1.165) is 25.7 Å². The minimum atomic E-state index is -2.88. The molecule has 5 heteroatoms. The second-order valence-corrected chi connectivity index (χ2v) is 9.04. The molecule has 0 aromatic carbocycles. The topological polar surface area (TPSA) is 52.0 Å². The number of rotatable bonds is 2. The zero-order valence-electron chi connectivity index (χ0n) is 12.3. The molecule has 108 valence electrons. The van der Waals surface area contributed by atoms with E-state index in [9.17, 15) is 8.42 Å². The van der Waals surface area contributed by atoms with Crippen molar-refractivity contribution in [2.45, 2.75) is 63.2 Å². The highest BCUT2D eigenvalue weighted by atomic mass is 32.2. The van der Waals surface area contributed by atoms with Crippen molar-refractivity contribution in [3.05, 3.63) is 18.0 Å². The van der Waals surface area contributed by atoms with Gasteiger partial charge in [-0.05, 0) is 36.7 Å². The van der Waals surface area contributed by atoms with Gasteiger partial charge in [-0.2, -0.15) is 5.10 Å². The lowest BCUT2D eigenvalue weighted by Gasteiger charge is -2.27. The molecule has 0 saturated heterocycles. The third-order valence-electron chi connectivity index (χ3n) is 4.09. The van der Waals surface area contributed by atoms with Crippen molar-refractivity contribution in [2.24, 2.45) is 0 Å². The monoisotopic (exact) mass is 284 g/mol. The molecule has 19 heavy (non-hydrogen) atoms. The summed E-state index contributed by atoms with van der Waals surface area (Å²) < 4.78 is 25.1. The van der Waals surface area contributed by atoms with Crippen molar-refractivity contribution in [2.75, 3.05) is 6.26 Å². The molecule has 1 aromatic rings. The van der Waals surface area contributed by atoms with Crippen LogP contribution in [0, 0.1) is 0 Å². The van der Waals surface area contributed by atoms with Gasteiger partial charge in [0, 0.05) is 12.5 Å². The summed E-state index contributed by atoms with van der Waals surface area (Å²) in [6.45, 7) is 6.53. The molecule has 0 radical (unpaired) electrons. The van der Waals surface area contributed by atoms with Crippen LogP contribution in [0.5, 0.6) is 0 Å². The van der Waals surface area contributed by atoms with Crippen LogP contribution in [0.1, 0.15) is 58.1 Å². The molecule has 1 fully saturated rings. The molecular weight excluding hydrogens is 260 g/mol. The fourth-order valence-electron chi connectivity index (χ4n) is 2.66. The maximum Gasteiger partial charge on any atom is 0.150 e. The van der Waals surface area contributed by atoms with Gasteiger partial charge in [0.25, 0.3) is 0 Å². The Morgan fingerprint density at radius 2 is 1.79 bits per heavy atom. The summed E-state index contributed by atoms with van der Waals surface area (Å²) in [5.41, 5.74) is 1.35. The number of hydrogen-bond acceptors (Lipinski definition) is 3. The number of aromatic nitrogens is 2. The molecule has 0 N–H and O–H groups in total. The van der Waals surface area contributed by atoms with Crippen molar-refractivity contribution in [3.63, 3.8) is 0 Å². The van der Waals surface area contributed by atoms with E-state index in [1.807, 2.05) is 10.9 Å². The Bertz CT molecular complexity index is 532. The van der Waals surface area contributed by atoms with Gasteiger partial charge in [0.2, 0.25) is 0 Å². The van der Waals surface area contributed by atoms with E-state index in [1.54, 1.807) is 0 Å². The van der Waals surface area contributed by atoms with Gasteiger partial charge in [0.15, 0.2) is 0 Å². The summed E-state index contributed by atoms with van der Waals surface area (Å²) in [7, 11) is -2.88. The van der Waals surface area contributed by atoms with Crippen molar-refractivity contribution < 1.29 is 8.42 Å². The molecule has 0 atom stereocenters. The third kappa shape index (κ3) is 3.38. The Hall–Kier alpha value is -0.840. The maximum atomic E-state index is 11.5. The molecule has 0 spiro atoms. The van der Waals surface area contributed by atoms with Crippen LogP contribution in [-0.4, -0.2) is 29.7 Å². The normalized spacial score (nSPS) is 25.5. The van der Waals surface area contributed by atoms with Crippen molar-refractivity contribution in [3.8, 4) is 0 Å². The minimum absolute atomic E-state index is 0.113. The second kappa shape index (κ2) is 4.93. The molecule has 0 bridgehead atoms. The minimum Gasteiger partial charge on any atom is -0.269 e. The van der Waals surface area contributed by atoms with Crippen LogP contribution >= 0.6 is 0 Å². The zero-order valence-corrected chi connectivity index (χ0v) is 13.1. The first-order valence-electron chi connectivity index (χ1n) is 6.91. The van der Waals surface area contributed by atoms with Gasteiger partial charge >= 0.3 is 0 Å². The van der Waals surface area contributed by atoms with Gasteiger partial charge in [0.05, 0.1) is 17.5 Å². The first-order chi connectivity index (χ1) is 8.68. The van der Waals surface area contributed by atoms with Crippen molar-refractivity contribution in [1.29, 1.82) is 0 Å². The van der Waals surface area contributed by atoms with E-state index < -0.39 is 9.84 Å². The smallest absolute Gasteiger partial charge is 0.150 e. The van der Waals surface area contributed by atoms with Crippen LogP contribution in [0.2, 0.25) is 0 Å². The summed E-state index contributed by atoms with van der Waals surface area (Å²) in [5.74, 6) is 0. The first-order valence-corrected chi connectivity index (χ1v) is 8.87. The summed E-state index contributed by atoms with van der Waals surface area (Å²) in [6.07, 6.45) is 8.73. The van der Waals surface area contributed by atoms with E-state index in [4.69, 9.17) is 0 Å². The van der Waals surface area contributed by atoms with E-state index in [1.165, 1.54) is 11.8 Å². The summed E-state index contributed by atoms with van der Waals surface area (Å²) in [4.78, 5) is 0. The lowest BCUT2D eigenvalue weighted by Crippen LogP contribution is -2.27. The molecule has 1 heterocycles. The second-order valence-electron chi connectivity index (χ2n) is 6.72. The van der Waals surface area contributed by atoms with Gasteiger partial charge in [-0.3, -0.25) is 4.68 Å². The number of sulfone groups is 1. The van der Waals surface area contributed by atoms with Gasteiger partial charge in [-0.15, -0.1) is 0 Å². The van der Waals surface area contributed by atoms with E-state index in [-0.39, 0.29) is 10.7 Å². The Morgan fingerprint density at radius 1 is 1.21 bits per heavy atom.